The number of aromatic nitrogens is 1. The number of benzene rings is 2. The summed E-state index contributed by atoms with van der Waals surface area (Å²) in [6, 6.07) is 14.7. The molecule has 0 atom stereocenters. The number of aryl methyl sites for hydroxylation is 1. The summed E-state index contributed by atoms with van der Waals surface area (Å²) in [5.74, 6) is 1.84. The maximum atomic E-state index is 13.4. The number of rotatable bonds is 8. The first kappa shape index (κ1) is 20.4. The molecule has 2 aromatic carbocycles. The lowest BCUT2D eigenvalue weighted by molar-refractivity contribution is -0.860. The van der Waals surface area contributed by atoms with E-state index in [0.29, 0.717) is 17.2 Å². The van der Waals surface area contributed by atoms with Gasteiger partial charge in [0.15, 0.2) is 0 Å². The van der Waals surface area contributed by atoms with E-state index in [-0.39, 0.29) is 11.5 Å². The molecule has 152 valence electrons. The lowest BCUT2D eigenvalue weighted by Gasteiger charge is -2.15. The van der Waals surface area contributed by atoms with E-state index in [4.69, 9.17) is 28.9 Å². The first-order valence-electron chi connectivity index (χ1n) is 8.65. The van der Waals surface area contributed by atoms with Crippen LogP contribution >= 0.6 is 7.82 Å². The summed E-state index contributed by atoms with van der Waals surface area (Å²) in [6.45, 7) is 1.80. The van der Waals surface area contributed by atoms with Crippen LogP contribution in [0, 0.1) is 6.92 Å². The second-order valence-electron chi connectivity index (χ2n) is 6.01. The number of phosphoric ester groups is 1. The average molecular weight is 417 g/mol. The summed E-state index contributed by atoms with van der Waals surface area (Å²) < 4.78 is 41.7. The van der Waals surface area contributed by atoms with Gasteiger partial charge in [-0.05, 0) is 55.5 Å². The molecule has 1 heterocycles. The van der Waals surface area contributed by atoms with Crippen LogP contribution in [0.2, 0.25) is 0 Å². The van der Waals surface area contributed by atoms with Gasteiger partial charge in [0.2, 0.25) is 12.4 Å². The van der Waals surface area contributed by atoms with E-state index >= 15 is 0 Å². The Morgan fingerprint density at radius 3 is 1.66 bits per heavy atom. The molecule has 0 radical (unpaired) electrons. The Kier molecular flexibility index (Phi) is 6.14. The molecule has 0 fully saturated rings. The summed E-state index contributed by atoms with van der Waals surface area (Å²) in [4.78, 5) is 0. The fraction of sp³-hybridized carbons (Fsp3) is 0.150. The van der Waals surface area contributed by atoms with E-state index in [0.717, 1.165) is 5.56 Å². The largest absolute Gasteiger partial charge is 0.700 e. The fourth-order valence-electron chi connectivity index (χ4n) is 2.34. The van der Waals surface area contributed by atoms with Gasteiger partial charge in [-0.2, -0.15) is 4.57 Å². The summed E-state index contributed by atoms with van der Waals surface area (Å²) in [7, 11) is -1.02. The Morgan fingerprint density at radius 2 is 1.24 bits per heavy atom. The molecule has 0 saturated heterocycles. The van der Waals surface area contributed by atoms with Gasteiger partial charge in [-0.25, -0.2) is 0 Å². The van der Waals surface area contributed by atoms with Gasteiger partial charge in [0.1, 0.15) is 23.0 Å². The van der Waals surface area contributed by atoms with Crippen LogP contribution < -0.4 is 33.6 Å². The van der Waals surface area contributed by atoms with Crippen molar-refractivity contribution in [1.82, 2.24) is 0 Å². The molecular weight excluding hydrogens is 395 g/mol. The second-order valence-corrected chi connectivity index (χ2v) is 7.43. The van der Waals surface area contributed by atoms with Gasteiger partial charge < -0.3 is 24.3 Å². The molecule has 0 aliphatic heterocycles. The lowest BCUT2D eigenvalue weighted by atomic mass is 10.3. The highest BCUT2D eigenvalue weighted by molar-refractivity contribution is 7.49. The van der Waals surface area contributed by atoms with Crippen molar-refractivity contribution >= 4 is 13.5 Å². The second kappa shape index (κ2) is 8.75. The maximum Gasteiger partial charge on any atom is 0.700 e. The Bertz CT molecular complexity index is 955. The summed E-state index contributed by atoms with van der Waals surface area (Å²) in [5.41, 5.74) is 7.15. The number of nitrogens with two attached hydrogens (primary N) is 1. The van der Waals surface area contributed by atoms with Gasteiger partial charge in [0.25, 0.3) is 0 Å². The molecule has 9 heteroatoms. The van der Waals surface area contributed by atoms with Crippen molar-refractivity contribution < 1.29 is 32.4 Å². The van der Waals surface area contributed by atoms with E-state index in [1.165, 1.54) is 10.9 Å². The van der Waals surface area contributed by atoms with Gasteiger partial charge in [-0.3, -0.25) is 0 Å². The number of methoxy groups -OCH3 is 2. The molecule has 0 unspecified atom stereocenters. The van der Waals surface area contributed by atoms with E-state index in [1.807, 2.05) is 0 Å². The minimum atomic E-state index is -4.13. The number of hydrogen-bond acceptors (Lipinski definition) is 7. The number of phosphoric acid groups is 1. The number of ether oxygens (including phenoxy) is 2. The Morgan fingerprint density at radius 1 is 0.793 bits per heavy atom. The highest BCUT2D eigenvalue weighted by Crippen LogP contribution is 2.46. The number of nitrogens with zero attached hydrogens (tertiary/aromatic N) is 1. The number of pyridine rings is 1. The third-order valence-corrected chi connectivity index (χ3v) is 5.18. The molecule has 3 rings (SSSR count). The highest BCUT2D eigenvalue weighted by atomic mass is 31.2. The van der Waals surface area contributed by atoms with E-state index in [9.17, 15) is 4.57 Å². The van der Waals surface area contributed by atoms with Gasteiger partial charge in [-0.15, -0.1) is 4.62 Å². The van der Waals surface area contributed by atoms with Crippen LogP contribution in [-0.2, 0) is 4.57 Å². The smallest absolute Gasteiger partial charge is 0.497 e. The first-order valence-corrected chi connectivity index (χ1v) is 10.1. The number of anilines is 1. The van der Waals surface area contributed by atoms with Crippen molar-refractivity contribution in [3.05, 3.63) is 72.6 Å². The molecule has 0 aliphatic carbocycles. The van der Waals surface area contributed by atoms with Crippen molar-refractivity contribution in [1.29, 1.82) is 0 Å². The zero-order valence-corrected chi connectivity index (χ0v) is 17.2. The van der Waals surface area contributed by atoms with Crippen molar-refractivity contribution in [2.75, 3.05) is 20.0 Å². The molecule has 0 aliphatic rings. The molecule has 0 bridgehead atoms. The zero-order valence-electron chi connectivity index (χ0n) is 16.3. The molecule has 8 nitrogen and oxygen atoms in total. The van der Waals surface area contributed by atoms with Crippen molar-refractivity contribution in [2.24, 2.45) is 0 Å². The van der Waals surface area contributed by atoms with Crippen LogP contribution in [-0.4, -0.2) is 14.2 Å². The predicted molar refractivity (Wildman–Crippen MR) is 107 cm³/mol. The molecule has 1 aromatic heterocycles. The Balaban J connectivity index is 1.89. The van der Waals surface area contributed by atoms with E-state index in [2.05, 4.69) is 0 Å². The zero-order chi connectivity index (χ0) is 20.9. The third-order valence-electron chi connectivity index (χ3n) is 3.92. The van der Waals surface area contributed by atoms with Crippen molar-refractivity contribution in [2.45, 2.75) is 6.92 Å². The minimum Gasteiger partial charge on any atom is -0.497 e. The normalized spacial score (nSPS) is 10.9. The Labute approximate surface area is 168 Å². The van der Waals surface area contributed by atoms with E-state index in [1.54, 1.807) is 81.9 Å². The van der Waals surface area contributed by atoms with Crippen LogP contribution in [0.15, 0.2) is 67.0 Å². The summed E-state index contributed by atoms with van der Waals surface area (Å²) in [5, 5.41) is 0. The van der Waals surface area contributed by atoms with Crippen LogP contribution in [0.4, 0.5) is 5.69 Å². The Hall–Kier alpha value is -3.38. The van der Waals surface area contributed by atoms with E-state index < -0.39 is 7.82 Å². The molecule has 0 saturated carbocycles. The maximum absolute atomic E-state index is 13.4. The van der Waals surface area contributed by atoms with Gasteiger partial charge in [0, 0.05) is 22.0 Å². The molecule has 2 N–H and O–H groups in total. The van der Waals surface area contributed by atoms with Gasteiger partial charge in [0.05, 0.1) is 14.2 Å². The quantitative estimate of drug-likeness (QED) is 0.442. The highest BCUT2D eigenvalue weighted by Gasteiger charge is 2.38. The molecular formula is C20H22N2O6P+. The van der Waals surface area contributed by atoms with Gasteiger partial charge >= 0.3 is 7.82 Å². The van der Waals surface area contributed by atoms with Crippen LogP contribution in [0.25, 0.3) is 0 Å². The monoisotopic (exact) mass is 417 g/mol. The summed E-state index contributed by atoms with van der Waals surface area (Å²) >= 11 is 0. The third kappa shape index (κ3) is 5.33. The van der Waals surface area contributed by atoms with Crippen LogP contribution in [0.3, 0.4) is 0 Å². The number of nitrogen functional groups attached to an aromatic ring is 1. The van der Waals surface area contributed by atoms with Crippen molar-refractivity contribution in [3.63, 3.8) is 0 Å². The summed E-state index contributed by atoms with van der Waals surface area (Å²) in [6.07, 6.45) is 3.10. The molecule has 0 amide bonds. The average Bonchev–Trinajstić information content (AvgIpc) is 2.72. The number of hydrogen-bond donors (Lipinski definition) is 1. The fourth-order valence-corrected chi connectivity index (χ4v) is 3.54. The standard InChI is InChI=1S/C20H21N2O6P/c1-15-14-22(13-12-20(15)21)28-29(23,26-18-8-4-16(24-2)5-9-18)27-19-10-6-17(25-3)7-11-19/h4-14,21H,1-3H3/p+1. The SMILES string of the molecule is COc1ccc(OP(=O)(Oc2ccc(OC)cc2)O[n+]2ccc(N)c(C)c2)cc1. The minimum absolute atomic E-state index is 0.287. The predicted octanol–water partition coefficient (Wildman–Crippen LogP) is 3.58. The lowest BCUT2D eigenvalue weighted by Crippen LogP contribution is -2.42. The van der Waals surface area contributed by atoms with Gasteiger partial charge in [-0.1, -0.05) is 0 Å². The van der Waals surface area contributed by atoms with Crippen molar-refractivity contribution in [3.8, 4) is 23.0 Å². The molecule has 0 spiro atoms. The first-order chi connectivity index (χ1) is 13.9. The molecule has 3 aromatic rings. The molecule has 29 heavy (non-hydrogen) atoms. The topological polar surface area (TPSA) is 93.1 Å². The van der Waals surface area contributed by atoms with Crippen LogP contribution in [0.1, 0.15) is 5.56 Å². The van der Waals surface area contributed by atoms with Crippen LogP contribution in [0.5, 0.6) is 23.0 Å².